The Morgan fingerprint density at radius 3 is 2.83 bits per heavy atom. The van der Waals surface area contributed by atoms with Gasteiger partial charge in [-0.25, -0.2) is 4.68 Å². The second-order valence-electron chi connectivity index (χ2n) is 6.29. The number of halogens is 1. The van der Waals surface area contributed by atoms with Crippen molar-refractivity contribution in [3.8, 4) is 0 Å². The van der Waals surface area contributed by atoms with Crippen molar-refractivity contribution < 1.29 is 5.11 Å². The quantitative estimate of drug-likeness (QED) is 0.901. The number of aliphatic hydroxyl groups is 1. The first-order valence-corrected chi connectivity index (χ1v) is 7.30. The van der Waals surface area contributed by atoms with E-state index in [9.17, 15) is 0 Å². The maximum absolute atomic E-state index is 9.01. The van der Waals surface area contributed by atoms with Crippen molar-refractivity contribution in [1.29, 1.82) is 0 Å². The molecular weight excluding hydrogens is 294 g/mol. The van der Waals surface area contributed by atoms with E-state index in [0.29, 0.717) is 5.92 Å². The molecule has 1 aromatic heterocycles. The third kappa shape index (κ3) is 3.06. The fourth-order valence-electron chi connectivity index (χ4n) is 2.33. The van der Waals surface area contributed by atoms with Crippen LogP contribution in [0.15, 0.2) is 4.47 Å². The monoisotopic (exact) mass is 315 g/mol. The maximum Gasteiger partial charge on any atom is 0.139 e. The Balaban J connectivity index is 2.18. The molecule has 0 saturated carbocycles. The number of rotatable bonds is 3. The van der Waals surface area contributed by atoms with E-state index in [4.69, 9.17) is 10.2 Å². The Morgan fingerprint density at radius 1 is 1.50 bits per heavy atom. The molecule has 102 valence electrons. The van der Waals surface area contributed by atoms with Crippen LogP contribution in [0.5, 0.6) is 0 Å². The number of hydrogen-bond acceptors (Lipinski definition) is 3. The normalized spacial score (nSPS) is 19.5. The second kappa shape index (κ2) is 5.21. The lowest BCUT2D eigenvalue weighted by molar-refractivity contribution is 0.244. The van der Waals surface area contributed by atoms with Gasteiger partial charge in [-0.15, -0.1) is 0 Å². The molecule has 18 heavy (non-hydrogen) atoms. The zero-order valence-corrected chi connectivity index (χ0v) is 12.9. The zero-order valence-electron chi connectivity index (χ0n) is 11.3. The third-order valence-corrected chi connectivity index (χ3v) is 4.02. The van der Waals surface area contributed by atoms with Crippen LogP contribution in [-0.2, 0) is 13.0 Å². The van der Waals surface area contributed by atoms with Crippen LogP contribution in [0.2, 0.25) is 0 Å². The van der Waals surface area contributed by atoms with Gasteiger partial charge >= 0.3 is 0 Å². The molecule has 2 N–H and O–H groups in total. The zero-order chi connectivity index (χ0) is 13.3. The molecule has 4 nitrogen and oxygen atoms in total. The van der Waals surface area contributed by atoms with Gasteiger partial charge in [-0.3, -0.25) is 0 Å². The van der Waals surface area contributed by atoms with Crippen LogP contribution in [0.1, 0.15) is 32.9 Å². The summed E-state index contributed by atoms with van der Waals surface area (Å²) in [6, 6.07) is 0. The Morgan fingerprint density at radius 2 is 2.22 bits per heavy atom. The van der Waals surface area contributed by atoms with Gasteiger partial charge in [0.2, 0.25) is 0 Å². The van der Waals surface area contributed by atoms with E-state index < -0.39 is 0 Å². The lowest BCUT2D eigenvalue weighted by atomic mass is 9.91. The Hall–Kier alpha value is -0.550. The summed E-state index contributed by atoms with van der Waals surface area (Å²) >= 11 is 3.65. The molecular formula is C13H22BrN3O. The summed E-state index contributed by atoms with van der Waals surface area (Å²) in [7, 11) is 0. The van der Waals surface area contributed by atoms with Crippen molar-refractivity contribution in [3.05, 3.63) is 10.2 Å². The first kappa shape index (κ1) is 13.9. The van der Waals surface area contributed by atoms with E-state index in [2.05, 4.69) is 42.0 Å². The molecule has 0 fully saturated rings. The van der Waals surface area contributed by atoms with Crippen molar-refractivity contribution in [2.45, 2.75) is 40.2 Å². The number of aromatic nitrogens is 2. The molecule has 2 rings (SSSR count). The predicted octanol–water partition coefficient (Wildman–Crippen LogP) is 2.66. The van der Waals surface area contributed by atoms with Crippen LogP contribution in [0.4, 0.5) is 5.82 Å². The average molecular weight is 316 g/mol. The number of fused-ring (bicyclic) bond motifs is 1. The largest absolute Gasteiger partial charge is 0.396 e. The van der Waals surface area contributed by atoms with E-state index in [1.165, 1.54) is 0 Å². The minimum atomic E-state index is 0.234. The fourth-order valence-corrected chi connectivity index (χ4v) is 2.90. The molecule has 0 aliphatic carbocycles. The van der Waals surface area contributed by atoms with Gasteiger partial charge in [-0.05, 0) is 40.1 Å². The maximum atomic E-state index is 9.01. The van der Waals surface area contributed by atoms with E-state index in [-0.39, 0.29) is 12.0 Å². The summed E-state index contributed by atoms with van der Waals surface area (Å²) in [4.78, 5) is 0. The minimum absolute atomic E-state index is 0.234. The Labute approximate surface area is 117 Å². The van der Waals surface area contributed by atoms with Crippen molar-refractivity contribution in [2.75, 3.05) is 18.5 Å². The summed E-state index contributed by atoms with van der Waals surface area (Å²) in [5, 5.41) is 17.1. The molecule has 1 unspecified atom stereocenters. The van der Waals surface area contributed by atoms with Crippen LogP contribution >= 0.6 is 15.9 Å². The summed E-state index contributed by atoms with van der Waals surface area (Å²) in [5.74, 6) is 1.56. The van der Waals surface area contributed by atoms with E-state index in [1.807, 2.05) is 4.68 Å². The summed E-state index contributed by atoms with van der Waals surface area (Å²) < 4.78 is 3.13. The molecule has 1 aliphatic rings. The van der Waals surface area contributed by atoms with Gasteiger partial charge in [0.05, 0.1) is 10.2 Å². The van der Waals surface area contributed by atoms with Crippen LogP contribution in [0.3, 0.4) is 0 Å². The van der Waals surface area contributed by atoms with Gasteiger partial charge in [-0.1, -0.05) is 20.8 Å². The molecule has 0 amide bonds. The number of anilines is 1. The van der Waals surface area contributed by atoms with Crippen LogP contribution in [0, 0.1) is 11.3 Å². The molecule has 0 aromatic carbocycles. The smallest absolute Gasteiger partial charge is 0.139 e. The van der Waals surface area contributed by atoms with Crippen LogP contribution in [0.25, 0.3) is 0 Å². The highest BCUT2D eigenvalue weighted by atomic mass is 79.9. The molecule has 5 heteroatoms. The van der Waals surface area contributed by atoms with Crippen molar-refractivity contribution in [1.82, 2.24) is 9.78 Å². The predicted molar refractivity (Wildman–Crippen MR) is 76.8 cm³/mol. The highest BCUT2D eigenvalue weighted by Crippen LogP contribution is 2.33. The molecule has 0 spiro atoms. The van der Waals surface area contributed by atoms with Gasteiger partial charge in [0.1, 0.15) is 5.82 Å². The number of nitrogens with one attached hydrogen (secondary N) is 1. The van der Waals surface area contributed by atoms with Gasteiger partial charge in [0, 0.05) is 19.7 Å². The third-order valence-electron chi connectivity index (χ3n) is 3.19. The standard InChI is InChI=1S/C13H22BrN3O/c1-13(2,3)6-10-11(14)12-15-7-9(4-5-18)8-17(12)16-10/h9,15,18H,4-8H2,1-3H3. The molecule has 2 heterocycles. The lowest BCUT2D eigenvalue weighted by Gasteiger charge is -2.24. The topological polar surface area (TPSA) is 50.1 Å². The molecule has 0 radical (unpaired) electrons. The lowest BCUT2D eigenvalue weighted by Crippen LogP contribution is -2.28. The van der Waals surface area contributed by atoms with Gasteiger partial charge in [-0.2, -0.15) is 5.10 Å². The Kier molecular flexibility index (Phi) is 4.02. The molecule has 0 saturated heterocycles. The molecule has 0 bridgehead atoms. The average Bonchev–Trinajstić information content (AvgIpc) is 2.54. The van der Waals surface area contributed by atoms with Crippen molar-refractivity contribution >= 4 is 21.7 Å². The highest BCUT2D eigenvalue weighted by molar-refractivity contribution is 9.10. The van der Waals surface area contributed by atoms with Crippen LogP contribution < -0.4 is 5.32 Å². The van der Waals surface area contributed by atoms with E-state index in [0.717, 1.165) is 41.9 Å². The van der Waals surface area contributed by atoms with Crippen LogP contribution in [-0.4, -0.2) is 28.0 Å². The van der Waals surface area contributed by atoms with Crippen molar-refractivity contribution in [3.63, 3.8) is 0 Å². The van der Waals surface area contributed by atoms with E-state index in [1.54, 1.807) is 0 Å². The summed E-state index contributed by atoms with van der Waals surface area (Å²) in [5.41, 5.74) is 1.35. The molecule has 1 atom stereocenters. The summed E-state index contributed by atoms with van der Waals surface area (Å²) in [6.45, 7) is 8.73. The minimum Gasteiger partial charge on any atom is -0.396 e. The molecule has 1 aromatic rings. The first-order chi connectivity index (χ1) is 8.40. The van der Waals surface area contributed by atoms with E-state index >= 15 is 0 Å². The number of aliphatic hydroxyl groups excluding tert-OH is 1. The first-order valence-electron chi connectivity index (χ1n) is 6.50. The number of nitrogens with zero attached hydrogens (tertiary/aromatic N) is 2. The SMILES string of the molecule is CC(C)(C)Cc1nn2c(c1Br)NCC(CCO)C2. The Bertz CT molecular complexity index is 423. The molecule has 1 aliphatic heterocycles. The summed E-state index contributed by atoms with van der Waals surface area (Å²) in [6.07, 6.45) is 1.79. The second-order valence-corrected chi connectivity index (χ2v) is 7.08. The van der Waals surface area contributed by atoms with Gasteiger partial charge in [0.15, 0.2) is 0 Å². The van der Waals surface area contributed by atoms with Crippen molar-refractivity contribution in [2.24, 2.45) is 11.3 Å². The van der Waals surface area contributed by atoms with Gasteiger partial charge in [0.25, 0.3) is 0 Å². The van der Waals surface area contributed by atoms with Gasteiger partial charge < -0.3 is 10.4 Å². The highest BCUT2D eigenvalue weighted by Gasteiger charge is 2.25. The fraction of sp³-hybridized carbons (Fsp3) is 0.769. The number of hydrogen-bond donors (Lipinski definition) is 2.